The molecule has 2 unspecified atom stereocenters. The molecule has 5 nitrogen and oxygen atoms in total. The van der Waals surface area contributed by atoms with E-state index in [1.165, 1.54) is 0 Å². The van der Waals surface area contributed by atoms with Gasteiger partial charge in [0, 0.05) is 31.1 Å². The van der Waals surface area contributed by atoms with E-state index < -0.39 is 5.41 Å². The standard InChI is InChI=1S/C17H33N3O2.ClH/c1-12(2)9-14(10-18)19-15(21)13-7-6-8-20(11-13)16(22)17(3,4)5;/h12-14H,6-11,18H2,1-5H3,(H,19,21);1H. The molecule has 136 valence electrons. The van der Waals surface area contributed by atoms with Gasteiger partial charge in [0.2, 0.25) is 11.8 Å². The lowest BCUT2D eigenvalue weighted by atomic mass is 9.90. The summed E-state index contributed by atoms with van der Waals surface area (Å²) in [4.78, 5) is 26.7. The van der Waals surface area contributed by atoms with E-state index in [4.69, 9.17) is 5.73 Å². The first-order valence-corrected chi connectivity index (χ1v) is 8.45. The lowest BCUT2D eigenvalue weighted by Crippen LogP contribution is -2.51. The summed E-state index contributed by atoms with van der Waals surface area (Å²) in [6.07, 6.45) is 2.62. The fraction of sp³-hybridized carbons (Fsp3) is 0.882. The van der Waals surface area contributed by atoms with Gasteiger partial charge in [-0.1, -0.05) is 34.6 Å². The normalized spacial score (nSPS) is 20.0. The van der Waals surface area contributed by atoms with E-state index >= 15 is 0 Å². The van der Waals surface area contributed by atoms with Crippen LogP contribution in [0.15, 0.2) is 0 Å². The van der Waals surface area contributed by atoms with E-state index in [9.17, 15) is 9.59 Å². The van der Waals surface area contributed by atoms with Crippen LogP contribution in [0, 0.1) is 17.3 Å². The van der Waals surface area contributed by atoms with E-state index in [0.29, 0.717) is 19.0 Å². The van der Waals surface area contributed by atoms with Gasteiger partial charge in [-0.2, -0.15) is 0 Å². The van der Waals surface area contributed by atoms with Crippen LogP contribution in [0.1, 0.15) is 53.9 Å². The second kappa shape index (κ2) is 9.48. The van der Waals surface area contributed by atoms with Crippen LogP contribution in [0.5, 0.6) is 0 Å². The number of nitrogens with zero attached hydrogens (tertiary/aromatic N) is 1. The fourth-order valence-electron chi connectivity index (χ4n) is 2.95. The Morgan fingerprint density at radius 2 is 1.91 bits per heavy atom. The SMILES string of the molecule is CC(C)CC(CN)NC(=O)C1CCCN(C(=O)C(C)(C)C)C1.Cl. The van der Waals surface area contributed by atoms with Crippen LogP contribution in [0.3, 0.4) is 0 Å². The van der Waals surface area contributed by atoms with E-state index in [1.54, 1.807) is 0 Å². The zero-order chi connectivity index (χ0) is 16.9. The molecular weight excluding hydrogens is 314 g/mol. The maximum absolute atomic E-state index is 12.5. The Morgan fingerprint density at radius 1 is 1.30 bits per heavy atom. The minimum atomic E-state index is -0.393. The highest BCUT2D eigenvalue weighted by atomic mass is 35.5. The molecule has 1 saturated heterocycles. The molecule has 1 aliphatic rings. The monoisotopic (exact) mass is 347 g/mol. The first-order chi connectivity index (χ1) is 10.1. The van der Waals surface area contributed by atoms with Gasteiger partial charge in [0.25, 0.3) is 0 Å². The summed E-state index contributed by atoms with van der Waals surface area (Å²) in [7, 11) is 0. The summed E-state index contributed by atoms with van der Waals surface area (Å²) in [5.41, 5.74) is 5.36. The first kappa shape index (κ1) is 22.2. The molecule has 2 atom stereocenters. The molecular formula is C17H34ClN3O2. The minimum Gasteiger partial charge on any atom is -0.352 e. The molecule has 0 radical (unpaired) electrons. The summed E-state index contributed by atoms with van der Waals surface area (Å²) in [6, 6.07) is 0.0289. The molecule has 0 saturated carbocycles. The molecule has 0 aromatic heterocycles. The molecule has 0 aliphatic carbocycles. The van der Waals surface area contributed by atoms with E-state index in [2.05, 4.69) is 19.2 Å². The Labute approximate surface area is 147 Å². The first-order valence-electron chi connectivity index (χ1n) is 8.45. The Bertz CT molecular complexity index is 394. The molecule has 6 heteroatoms. The predicted molar refractivity (Wildman–Crippen MR) is 96.4 cm³/mol. The Balaban J connectivity index is 0.00000484. The summed E-state index contributed by atoms with van der Waals surface area (Å²) in [5.74, 6) is 0.561. The third-order valence-corrected chi connectivity index (χ3v) is 4.11. The van der Waals surface area contributed by atoms with Crippen LogP contribution in [0.25, 0.3) is 0 Å². The molecule has 0 aromatic carbocycles. The number of nitrogens with two attached hydrogens (primary N) is 1. The van der Waals surface area contributed by atoms with Crippen molar-refractivity contribution in [2.45, 2.75) is 59.9 Å². The van der Waals surface area contributed by atoms with Crippen molar-refractivity contribution in [2.75, 3.05) is 19.6 Å². The zero-order valence-corrected chi connectivity index (χ0v) is 16.0. The molecule has 1 rings (SSSR count). The van der Waals surface area contributed by atoms with Crippen LogP contribution < -0.4 is 11.1 Å². The molecule has 3 N–H and O–H groups in total. The highest BCUT2D eigenvalue weighted by molar-refractivity contribution is 5.85. The second-order valence-corrected chi connectivity index (χ2v) is 7.91. The zero-order valence-electron chi connectivity index (χ0n) is 15.2. The molecule has 1 heterocycles. The van der Waals surface area contributed by atoms with Crippen molar-refractivity contribution in [1.82, 2.24) is 10.2 Å². The largest absolute Gasteiger partial charge is 0.352 e. The third kappa shape index (κ3) is 7.08. The smallest absolute Gasteiger partial charge is 0.227 e. The molecule has 2 amide bonds. The minimum absolute atomic E-state index is 0. The van der Waals surface area contributed by atoms with E-state index in [0.717, 1.165) is 25.8 Å². The molecule has 0 spiro atoms. The average Bonchev–Trinajstić information content (AvgIpc) is 2.44. The maximum Gasteiger partial charge on any atom is 0.227 e. The molecule has 1 aliphatic heterocycles. The number of halogens is 1. The second-order valence-electron chi connectivity index (χ2n) is 7.91. The van der Waals surface area contributed by atoms with Gasteiger partial charge in [-0.05, 0) is 25.2 Å². The summed E-state index contributed by atoms with van der Waals surface area (Å²) in [6.45, 7) is 11.8. The number of piperidine rings is 1. The van der Waals surface area contributed by atoms with Crippen molar-refractivity contribution in [2.24, 2.45) is 23.0 Å². The van der Waals surface area contributed by atoms with Crippen LogP contribution in [-0.4, -0.2) is 42.4 Å². The molecule has 23 heavy (non-hydrogen) atoms. The summed E-state index contributed by atoms with van der Waals surface area (Å²) >= 11 is 0. The van der Waals surface area contributed by atoms with Crippen molar-refractivity contribution in [3.05, 3.63) is 0 Å². The van der Waals surface area contributed by atoms with Gasteiger partial charge >= 0.3 is 0 Å². The molecule has 0 aromatic rings. The van der Waals surface area contributed by atoms with Gasteiger partial charge in [0.15, 0.2) is 0 Å². The number of nitrogens with one attached hydrogen (secondary N) is 1. The predicted octanol–water partition coefficient (Wildman–Crippen LogP) is 2.18. The number of hydrogen-bond donors (Lipinski definition) is 2. The topological polar surface area (TPSA) is 75.4 Å². The van der Waals surface area contributed by atoms with Crippen molar-refractivity contribution in [1.29, 1.82) is 0 Å². The third-order valence-electron chi connectivity index (χ3n) is 4.11. The van der Waals surface area contributed by atoms with Crippen LogP contribution in [-0.2, 0) is 9.59 Å². The highest BCUT2D eigenvalue weighted by Gasteiger charge is 2.33. The van der Waals surface area contributed by atoms with Crippen LogP contribution in [0.4, 0.5) is 0 Å². The van der Waals surface area contributed by atoms with Crippen molar-refractivity contribution < 1.29 is 9.59 Å². The van der Waals surface area contributed by atoms with E-state index in [1.807, 2.05) is 25.7 Å². The Morgan fingerprint density at radius 3 is 2.39 bits per heavy atom. The number of hydrogen-bond acceptors (Lipinski definition) is 3. The quantitative estimate of drug-likeness (QED) is 0.800. The van der Waals surface area contributed by atoms with Gasteiger partial charge in [0.1, 0.15) is 0 Å². The molecule has 0 bridgehead atoms. The van der Waals surface area contributed by atoms with Gasteiger partial charge in [-0.3, -0.25) is 9.59 Å². The van der Waals surface area contributed by atoms with Crippen molar-refractivity contribution >= 4 is 24.2 Å². The lowest BCUT2D eigenvalue weighted by molar-refractivity contribution is -0.142. The summed E-state index contributed by atoms with van der Waals surface area (Å²) < 4.78 is 0. The Hall–Kier alpha value is -0.810. The van der Waals surface area contributed by atoms with Gasteiger partial charge in [0.05, 0.1) is 5.92 Å². The lowest BCUT2D eigenvalue weighted by Gasteiger charge is -2.36. The van der Waals surface area contributed by atoms with Gasteiger partial charge < -0.3 is 16.0 Å². The van der Waals surface area contributed by atoms with Gasteiger partial charge in [-0.25, -0.2) is 0 Å². The van der Waals surface area contributed by atoms with Gasteiger partial charge in [-0.15, -0.1) is 12.4 Å². The number of amides is 2. The number of likely N-dealkylation sites (tertiary alicyclic amines) is 1. The highest BCUT2D eigenvalue weighted by Crippen LogP contribution is 2.23. The molecule has 1 fully saturated rings. The Kier molecular flexibility index (Phi) is 9.14. The van der Waals surface area contributed by atoms with Crippen LogP contribution >= 0.6 is 12.4 Å². The average molecular weight is 348 g/mol. The van der Waals surface area contributed by atoms with E-state index in [-0.39, 0.29) is 36.2 Å². The van der Waals surface area contributed by atoms with Crippen LogP contribution in [0.2, 0.25) is 0 Å². The van der Waals surface area contributed by atoms with Crippen molar-refractivity contribution in [3.8, 4) is 0 Å². The maximum atomic E-state index is 12.5. The van der Waals surface area contributed by atoms with Crippen molar-refractivity contribution in [3.63, 3.8) is 0 Å². The number of carbonyl (C=O) groups excluding carboxylic acids is 2. The fourth-order valence-corrected chi connectivity index (χ4v) is 2.95. The number of carbonyl (C=O) groups is 2. The number of rotatable bonds is 5. The summed E-state index contributed by atoms with van der Waals surface area (Å²) in [5, 5.41) is 3.06.